The number of thioether (sulfide) groups is 1. The molecule has 0 unspecified atom stereocenters. The molecule has 1 aliphatic carbocycles. The molecule has 0 saturated heterocycles. The first-order valence-corrected chi connectivity index (χ1v) is 4.83. The first-order valence-electron chi connectivity index (χ1n) is 3.60. The smallest absolute Gasteiger partial charge is 0.183 e. The van der Waals surface area contributed by atoms with Crippen molar-refractivity contribution in [3.63, 3.8) is 0 Å². The van der Waals surface area contributed by atoms with Crippen molar-refractivity contribution in [2.75, 3.05) is 12.8 Å². The predicted molar refractivity (Wildman–Crippen MR) is 47.3 cm³/mol. The summed E-state index contributed by atoms with van der Waals surface area (Å²) >= 11 is 1.48. The minimum absolute atomic E-state index is 0.736. The molecular weight excluding hydrogens is 158 g/mol. The number of amidine groups is 1. The van der Waals surface area contributed by atoms with Crippen LogP contribution in [0.4, 0.5) is 0 Å². The highest BCUT2D eigenvalue weighted by atomic mass is 32.2. The molecular formula is C7H11N3S. The van der Waals surface area contributed by atoms with Crippen molar-refractivity contribution in [1.82, 2.24) is 5.32 Å². The van der Waals surface area contributed by atoms with E-state index in [2.05, 4.69) is 10.3 Å². The number of hydrogen-bond donors (Lipinski definition) is 1. The fraction of sp³-hybridized carbons (Fsp3) is 0.714. The van der Waals surface area contributed by atoms with Crippen LogP contribution in [0, 0.1) is 17.4 Å². The van der Waals surface area contributed by atoms with Crippen molar-refractivity contribution in [3.05, 3.63) is 0 Å². The molecule has 1 saturated carbocycles. The SMILES string of the molecule is CSC(=NCC1CC1)NC#N. The Morgan fingerprint density at radius 1 is 1.82 bits per heavy atom. The van der Waals surface area contributed by atoms with Gasteiger partial charge < -0.3 is 0 Å². The minimum atomic E-state index is 0.736. The third kappa shape index (κ3) is 3.28. The molecule has 0 aromatic heterocycles. The van der Waals surface area contributed by atoms with Gasteiger partial charge in [-0.15, -0.1) is 0 Å². The topological polar surface area (TPSA) is 48.2 Å². The first kappa shape index (κ1) is 8.41. The van der Waals surface area contributed by atoms with E-state index in [1.807, 2.05) is 12.4 Å². The molecule has 1 N–H and O–H groups in total. The maximum atomic E-state index is 8.29. The Balaban J connectivity index is 2.26. The van der Waals surface area contributed by atoms with Crippen LogP contribution in [0.2, 0.25) is 0 Å². The summed E-state index contributed by atoms with van der Waals surface area (Å²) in [7, 11) is 0. The summed E-state index contributed by atoms with van der Waals surface area (Å²) in [6.45, 7) is 0.880. The van der Waals surface area contributed by atoms with Crippen molar-refractivity contribution in [1.29, 1.82) is 5.26 Å². The zero-order valence-electron chi connectivity index (χ0n) is 6.50. The van der Waals surface area contributed by atoms with Crippen LogP contribution in [0.15, 0.2) is 4.99 Å². The average Bonchev–Trinajstić information content (AvgIpc) is 2.81. The number of aliphatic imine (C=N–C) groups is 1. The zero-order valence-corrected chi connectivity index (χ0v) is 7.32. The quantitative estimate of drug-likeness (QED) is 0.292. The summed E-state index contributed by atoms with van der Waals surface area (Å²) in [5.41, 5.74) is 0. The maximum absolute atomic E-state index is 8.29. The summed E-state index contributed by atoms with van der Waals surface area (Å²) in [5, 5.41) is 11.6. The average molecular weight is 169 g/mol. The van der Waals surface area contributed by atoms with Crippen LogP contribution in [-0.2, 0) is 0 Å². The summed E-state index contributed by atoms with van der Waals surface area (Å²) in [6, 6.07) is 0. The summed E-state index contributed by atoms with van der Waals surface area (Å²) in [5.74, 6) is 0.789. The summed E-state index contributed by atoms with van der Waals surface area (Å²) in [6.07, 6.45) is 6.38. The van der Waals surface area contributed by atoms with Gasteiger partial charge in [-0.05, 0) is 25.0 Å². The molecule has 1 fully saturated rings. The predicted octanol–water partition coefficient (Wildman–Crippen LogP) is 1.19. The molecule has 0 amide bonds. The minimum Gasteiger partial charge on any atom is -0.272 e. The molecule has 0 bridgehead atoms. The van der Waals surface area contributed by atoms with Gasteiger partial charge in [0.25, 0.3) is 0 Å². The highest BCUT2D eigenvalue weighted by Gasteiger charge is 2.20. The molecule has 0 aromatic carbocycles. The van der Waals surface area contributed by atoms with E-state index in [1.54, 1.807) is 0 Å². The van der Waals surface area contributed by atoms with Crippen LogP contribution >= 0.6 is 11.8 Å². The van der Waals surface area contributed by atoms with E-state index in [4.69, 9.17) is 5.26 Å². The largest absolute Gasteiger partial charge is 0.272 e. The van der Waals surface area contributed by atoms with Gasteiger partial charge in [-0.2, -0.15) is 5.26 Å². The second-order valence-corrected chi connectivity index (χ2v) is 3.33. The Labute approximate surface area is 70.9 Å². The lowest BCUT2D eigenvalue weighted by Crippen LogP contribution is -2.13. The molecule has 60 valence electrons. The highest BCUT2D eigenvalue weighted by molar-refractivity contribution is 8.13. The molecule has 0 atom stereocenters. The van der Waals surface area contributed by atoms with Crippen molar-refractivity contribution >= 4 is 16.9 Å². The molecule has 1 aliphatic rings. The third-order valence-electron chi connectivity index (χ3n) is 1.55. The van der Waals surface area contributed by atoms with Gasteiger partial charge in [0.2, 0.25) is 0 Å². The second kappa shape index (κ2) is 4.24. The van der Waals surface area contributed by atoms with Gasteiger partial charge in [0.15, 0.2) is 11.4 Å². The Kier molecular flexibility index (Phi) is 3.24. The van der Waals surface area contributed by atoms with Gasteiger partial charge in [0, 0.05) is 6.54 Å². The van der Waals surface area contributed by atoms with Gasteiger partial charge in [-0.25, -0.2) is 0 Å². The zero-order chi connectivity index (χ0) is 8.10. The van der Waals surface area contributed by atoms with E-state index < -0.39 is 0 Å². The summed E-state index contributed by atoms with van der Waals surface area (Å²) < 4.78 is 0. The Morgan fingerprint density at radius 2 is 2.55 bits per heavy atom. The van der Waals surface area contributed by atoms with E-state index in [9.17, 15) is 0 Å². The van der Waals surface area contributed by atoms with E-state index in [0.29, 0.717) is 0 Å². The van der Waals surface area contributed by atoms with Crippen molar-refractivity contribution < 1.29 is 0 Å². The third-order valence-corrected chi connectivity index (χ3v) is 2.16. The fourth-order valence-electron chi connectivity index (χ4n) is 0.715. The van der Waals surface area contributed by atoms with Crippen LogP contribution in [0.5, 0.6) is 0 Å². The lowest BCUT2D eigenvalue weighted by molar-refractivity contribution is 0.847. The molecule has 4 heteroatoms. The molecule has 1 rings (SSSR count). The monoisotopic (exact) mass is 169 g/mol. The number of hydrogen-bond acceptors (Lipinski definition) is 3. The van der Waals surface area contributed by atoms with E-state index in [0.717, 1.165) is 17.6 Å². The van der Waals surface area contributed by atoms with Gasteiger partial charge >= 0.3 is 0 Å². The molecule has 11 heavy (non-hydrogen) atoms. The van der Waals surface area contributed by atoms with Crippen LogP contribution in [0.1, 0.15) is 12.8 Å². The standard InChI is InChI=1S/C7H11N3S/c1-11-7(10-5-8)9-4-6-2-3-6/h6H,2-4H2,1H3,(H,9,10). The Morgan fingerprint density at radius 3 is 3.00 bits per heavy atom. The second-order valence-electron chi connectivity index (χ2n) is 2.53. The van der Waals surface area contributed by atoms with Crippen molar-refractivity contribution in [2.24, 2.45) is 10.9 Å². The van der Waals surface area contributed by atoms with Crippen molar-refractivity contribution in [2.45, 2.75) is 12.8 Å². The van der Waals surface area contributed by atoms with E-state index >= 15 is 0 Å². The number of nitrogens with one attached hydrogen (secondary N) is 1. The normalized spacial score (nSPS) is 17.6. The molecule has 3 nitrogen and oxygen atoms in total. The fourth-order valence-corrected chi connectivity index (χ4v) is 1.07. The number of nitrogens with zero attached hydrogens (tertiary/aromatic N) is 2. The Bertz CT molecular complexity index is 190. The van der Waals surface area contributed by atoms with Crippen molar-refractivity contribution in [3.8, 4) is 6.19 Å². The van der Waals surface area contributed by atoms with E-state index in [-0.39, 0.29) is 0 Å². The van der Waals surface area contributed by atoms with Gasteiger partial charge in [0.1, 0.15) is 0 Å². The van der Waals surface area contributed by atoms with Crippen LogP contribution in [0.25, 0.3) is 0 Å². The van der Waals surface area contributed by atoms with Gasteiger partial charge in [0.05, 0.1) is 0 Å². The molecule has 0 heterocycles. The highest BCUT2D eigenvalue weighted by Crippen LogP contribution is 2.28. The first-order chi connectivity index (χ1) is 5.36. The van der Waals surface area contributed by atoms with Crippen LogP contribution < -0.4 is 5.32 Å². The molecule has 0 radical (unpaired) electrons. The van der Waals surface area contributed by atoms with Crippen LogP contribution in [-0.4, -0.2) is 18.0 Å². The molecule has 0 aliphatic heterocycles. The summed E-state index contributed by atoms with van der Waals surface area (Å²) in [4.78, 5) is 4.24. The van der Waals surface area contributed by atoms with Gasteiger partial charge in [-0.3, -0.25) is 10.3 Å². The Hall–Kier alpha value is -0.690. The van der Waals surface area contributed by atoms with E-state index in [1.165, 1.54) is 24.6 Å². The van der Waals surface area contributed by atoms with Crippen LogP contribution in [0.3, 0.4) is 0 Å². The molecule has 0 spiro atoms. The van der Waals surface area contributed by atoms with Gasteiger partial charge in [-0.1, -0.05) is 11.8 Å². The lowest BCUT2D eigenvalue weighted by Gasteiger charge is -1.97. The number of nitriles is 1. The maximum Gasteiger partial charge on any atom is 0.183 e. The lowest BCUT2D eigenvalue weighted by atomic mass is 10.4. The molecule has 0 aromatic rings. The number of rotatable bonds is 2.